The SMILES string of the molecule is CN(C)Cc1c2ccccc2cc2c(CCC3CCN(C(=O)OC(C)(C)C)CC3)noc12. The molecule has 1 aliphatic heterocycles. The number of aromatic nitrogens is 1. The zero-order valence-corrected chi connectivity index (χ0v) is 20.0. The number of ether oxygens (including phenoxy) is 1. The number of carbonyl (C=O) groups is 1. The van der Waals surface area contributed by atoms with Crippen LogP contribution in [-0.4, -0.2) is 53.8 Å². The van der Waals surface area contributed by atoms with Gasteiger partial charge in [-0.3, -0.25) is 0 Å². The van der Waals surface area contributed by atoms with Crippen LogP contribution < -0.4 is 0 Å². The van der Waals surface area contributed by atoms with Crippen molar-refractivity contribution in [1.82, 2.24) is 15.0 Å². The van der Waals surface area contributed by atoms with E-state index < -0.39 is 5.60 Å². The normalized spacial score (nSPS) is 15.8. The van der Waals surface area contributed by atoms with Gasteiger partial charge >= 0.3 is 6.09 Å². The maximum atomic E-state index is 12.3. The summed E-state index contributed by atoms with van der Waals surface area (Å²) in [6, 6.07) is 10.7. The van der Waals surface area contributed by atoms with E-state index >= 15 is 0 Å². The molecule has 0 bridgehead atoms. The minimum atomic E-state index is -0.447. The first-order valence-electron chi connectivity index (χ1n) is 11.6. The van der Waals surface area contributed by atoms with Crippen molar-refractivity contribution in [1.29, 1.82) is 0 Å². The third-order valence-electron chi connectivity index (χ3n) is 6.19. The van der Waals surface area contributed by atoms with Crippen LogP contribution in [0.4, 0.5) is 4.79 Å². The number of likely N-dealkylation sites (tertiary alicyclic amines) is 1. The number of hydrogen-bond acceptors (Lipinski definition) is 5. The summed E-state index contributed by atoms with van der Waals surface area (Å²) in [5.41, 5.74) is 2.71. The maximum Gasteiger partial charge on any atom is 0.410 e. The van der Waals surface area contributed by atoms with Crippen LogP contribution in [0.2, 0.25) is 0 Å². The van der Waals surface area contributed by atoms with Gasteiger partial charge in [-0.1, -0.05) is 29.4 Å². The van der Waals surface area contributed by atoms with Crippen LogP contribution in [0.25, 0.3) is 21.7 Å². The minimum Gasteiger partial charge on any atom is -0.444 e. The van der Waals surface area contributed by atoms with Crippen molar-refractivity contribution in [2.24, 2.45) is 5.92 Å². The Morgan fingerprint density at radius 3 is 2.59 bits per heavy atom. The van der Waals surface area contributed by atoms with Crippen LogP contribution in [0.1, 0.15) is 51.3 Å². The van der Waals surface area contributed by atoms with E-state index in [2.05, 4.69) is 54.5 Å². The molecule has 32 heavy (non-hydrogen) atoms. The van der Waals surface area contributed by atoms with Gasteiger partial charge in [0.15, 0.2) is 5.58 Å². The topological polar surface area (TPSA) is 58.8 Å². The molecular formula is C26H35N3O3. The van der Waals surface area contributed by atoms with Crippen LogP contribution >= 0.6 is 0 Å². The van der Waals surface area contributed by atoms with Crippen LogP contribution in [0.3, 0.4) is 0 Å². The highest BCUT2D eigenvalue weighted by molar-refractivity contribution is 6.00. The van der Waals surface area contributed by atoms with E-state index in [-0.39, 0.29) is 6.09 Å². The van der Waals surface area contributed by atoms with Crippen molar-refractivity contribution >= 4 is 27.8 Å². The number of nitrogens with zero attached hydrogens (tertiary/aromatic N) is 3. The molecule has 0 atom stereocenters. The molecule has 0 unspecified atom stereocenters. The molecule has 0 N–H and O–H groups in total. The first-order valence-corrected chi connectivity index (χ1v) is 11.6. The number of hydrogen-bond donors (Lipinski definition) is 0. The Morgan fingerprint density at radius 1 is 1.19 bits per heavy atom. The largest absolute Gasteiger partial charge is 0.444 e. The quantitative estimate of drug-likeness (QED) is 0.518. The lowest BCUT2D eigenvalue weighted by atomic mass is 9.91. The summed E-state index contributed by atoms with van der Waals surface area (Å²) in [6.07, 6.45) is 3.76. The second kappa shape index (κ2) is 9.10. The fourth-order valence-corrected chi connectivity index (χ4v) is 4.60. The van der Waals surface area contributed by atoms with Gasteiger partial charge in [-0.15, -0.1) is 0 Å². The Bertz CT molecular complexity index is 1090. The van der Waals surface area contributed by atoms with E-state index in [4.69, 9.17) is 9.26 Å². The average Bonchev–Trinajstić information content (AvgIpc) is 3.13. The fraction of sp³-hybridized carbons (Fsp3) is 0.538. The van der Waals surface area contributed by atoms with Gasteiger partial charge in [0, 0.05) is 30.6 Å². The predicted octanol–water partition coefficient (Wildman–Crippen LogP) is 5.62. The van der Waals surface area contributed by atoms with E-state index in [1.807, 2.05) is 25.7 Å². The van der Waals surface area contributed by atoms with E-state index in [0.717, 1.165) is 62.0 Å². The minimum absolute atomic E-state index is 0.196. The molecule has 2 aromatic carbocycles. The lowest BCUT2D eigenvalue weighted by Gasteiger charge is -2.33. The Hall–Kier alpha value is -2.60. The maximum absolute atomic E-state index is 12.3. The van der Waals surface area contributed by atoms with Crippen LogP contribution in [0.5, 0.6) is 0 Å². The Labute approximate surface area is 190 Å². The second-order valence-electron chi connectivity index (χ2n) is 10.3. The van der Waals surface area contributed by atoms with Gasteiger partial charge < -0.3 is 19.1 Å². The number of carbonyl (C=O) groups excluding carboxylic acids is 1. The van der Waals surface area contributed by atoms with E-state index in [9.17, 15) is 4.79 Å². The summed E-state index contributed by atoms with van der Waals surface area (Å²) < 4.78 is 11.4. The Kier molecular flexibility index (Phi) is 6.42. The molecule has 6 heteroatoms. The number of fused-ring (bicyclic) bond motifs is 2. The highest BCUT2D eigenvalue weighted by Crippen LogP contribution is 2.33. The number of aryl methyl sites for hydroxylation is 1. The number of amides is 1. The number of benzene rings is 2. The molecule has 1 saturated heterocycles. The Balaban J connectivity index is 1.45. The number of rotatable bonds is 5. The third-order valence-corrected chi connectivity index (χ3v) is 6.19. The number of piperidine rings is 1. The molecule has 6 nitrogen and oxygen atoms in total. The smallest absolute Gasteiger partial charge is 0.410 e. The summed E-state index contributed by atoms with van der Waals surface area (Å²) in [4.78, 5) is 16.3. The fourth-order valence-electron chi connectivity index (χ4n) is 4.60. The molecule has 2 heterocycles. The molecule has 4 rings (SSSR count). The molecule has 0 radical (unpaired) electrons. The third kappa shape index (κ3) is 5.07. The van der Waals surface area contributed by atoms with Crippen LogP contribution in [0.15, 0.2) is 34.9 Å². The van der Waals surface area contributed by atoms with Gasteiger partial charge in [0.25, 0.3) is 0 Å². The van der Waals surface area contributed by atoms with Gasteiger partial charge in [0.2, 0.25) is 0 Å². The first kappa shape index (κ1) is 22.6. The molecule has 172 valence electrons. The van der Waals surface area contributed by atoms with Crippen molar-refractivity contribution in [2.75, 3.05) is 27.2 Å². The summed E-state index contributed by atoms with van der Waals surface area (Å²) in [5, 5.41) is 8.06. The van der Waals surface area contributed by atoms with Gasteiger partial charge in [0.05, 0.1) is 5.69 Å². The molecule has 1 fully saturated rings. The van der Waals surface area contributed by atoms with Crippen molar-refractivity contribution in [2.45, 2.75) is 58.6 Å². The summed E-state index contributed by atoms with van der Waals surface area (Å²) in [6.45, 7) is 8.07. The van der Waals surface area contributed by atoms with Crippen molar-refractivity contribution in [3.63, 3.8) is 0 Å². The molecule has 1 aliphatic rings. The van der Waals surface area contributed by atoms with Crippen LogP contribution in [-0.2, 0) is 17.7 Å². The molecule has 0 saturated carbocycles. The molecule has 3 aromatic rings. The molecular weight excluding hydrogens is 402 g/mol. The standard InChI is InChI=1S/C26H35N3O3/c1-26(2,3)31-25(30)29-14-12-18(13-15-29)10-11-23-21-16-19-8-6-7-9-20(19)22(17-28(4)5)24(21)32-27-23/h6-9,16,18H,10-15,17H2,1-5H3. The highest BCUT2D eigenvalue weighted by Gasteiger charge is 2.27. The summed E-state index contributed by atoms with van der Waals surface area (Å²) in [5.74, 6) is 0.585. The average molecular weight is 438 g/mol. The van der Waals surface area contributed by atoms with Gasteiger partial charge in [-0.25, -0.2) is 4.79 Å². The van der Waals surface area contributed by atoms with Gasteiger partial charge in [-0.05, 0) is 83.3 Å². The van der Waals surface area contributed by atoms with E-state index in [1.165, 1.54) is 16.3 Å². The second-order valence-corrected chi connectivity index (χ2v) is 10.3. The van der Waals surface area contributed by atoms with Gasteiger partial charge in [-0.2, -0.15) is 0 Å². The molecule has 1 amide bonds. The monoisotopic (exact) mass is 437 g/mol. The van der Waals surface area contributed by atoms with Crippen molar-refractivity contribution in [3.05, 3.63) is 41.6 Å². The van der Waals surface area contributed by atoms with E-state index in [1.54, 1.807) is 0 Å². The molecule has 1 aromatic heterocycles. The van der Waals surface area contributed by atoms with Gasteiger partial charge in [0.1, 0.15) is 5.60 Å². The first-order chi connectivity index (χ1) is 15.2. The summed E-state index contributed by atoms with van der Waals surface area (Å²) >= 11 is 0. The zero-order chi connectivity index (χ0) is 22.9. The lowest BCUT2D eigenvalue weighted by Crippen LogP contribution is -2.41. The Morgan fingerprint density at radius 2 is 1.91 bits per heavy atom. The van der Waals surface area contributed by atoms with E-state index in [0.29, 0.717) is 5.92 Å². The van der Waals surface area contributed by atoms with Crippen LogP contribution in [0, 0.1) is 5.92 Å². The molecule has 0 aliphatic carbocycles. The summed E-state index contributed by atoms with van der Waals surface area (Å²) in [7, 11) is 4.16. The van der Waals surface area contributed by atoms with Crippen molar-refractivity contribution < 1.29 is 14.1 Å². The van der Waals surface area contributed by atoms with Crippen molar-refractivity contribution in [3.8, 4) is 0 Å². The highest BCUT2D eigenvalue weighted by atomic mass is 16.6. The molecule has 0 spiro atoms. The zero-order valence-electron chi connectivity index (χ0n) is 20.0. The lowest BCUT2D eigenvalue weighted by molar-refractivity contribution is 0.0181. The predicted molar refractivity (Wildman–Crippen MR) is 128 cm³/mol.